The number of hydrogen-bond acceptors (Lipinski definition) is 6. The lowest BCUT2D eigenvalue weighted by Gasteiger charge is -2.36. The number of urea groups is 1. The summed E-state index contributed by atoms with van der Waals surface area (Å²) in [6.07, 6.45) is 6.28. The number of carbonyl (C=O) groups excluding carboxylic acids is 1. The van der Waals surface area contributed by atoms with Crippen molar-refractivity contribution in [1.82, 2.24) is 30.6 Å². The molecule has 35 heavy (non-hydrogen) atoms. The molecule has 1 saturated heterocycles. The Morgan fingerprint density at radius 3 is 2.91 bits per heavy atom. The minimum absolute atomic E-state index is 0.279. The van der Waals surface area contributed by atoms with Gasteiger partial charge in [0, 0.05) is 38.3 Å². The number of aryl methyl sites for hydroxylation is 1. The van der Waals surface area contributed by atoms with E-state index in [9.17, 15) is 13.6 Å². The Labute approximate surface area is 201 Å². The number of amides is 2. The van der Waals surface area contributed by atoms with Gasteiger partial charge in [0.15, 0.2) is 11.6 Å². The molecule has 2 atom stereocenters. The maximum atomic E-state index is 14.0. The predicted molar refractivity (Wildman–Crippen MR) is 125 cm³/mol. The van der Waals surface area contributed by atoms with Crippen LogP contribution in [-0.2, 0) is 17.6 Å². The van der Waals surface area contributed by atoms with E-state index in [0.717, 1.165) is 36.6 Å². The second-order valence-corrected chi connectivity index (χ2v) is 8.97. The first-order valence-corrected chi connectivity index (χ1v) is 11.6. The first kappa shape index (κ1) is 23.3. The fourth-order valence-electron chi connectivity index (χ4n) is 5.15. The molecular formula is C24H27F2N7O2. The first-order chi connectivity index (χ1) is 17.0. The molecule has 0 spiro atoms. The van der Waals surface area contributed by atoms with E-state index in [1.165, 1.54) is 6.07 Å². The van der Waals surface area contributed by atoms with Gasteiger partial charge in [-0.05, 0) is 49.4 Å². The molecule has 3 aromatic rings. The molecule has 1 aliphatic heterocycles. The molecule has 9 nitrogen and oxygen atoms in total. The van der Waals surface area contributed by atoms with Gasteiger partial charge < -0.3 is 15.4 Å². The van der Waals surface area contributed by atoms with Crippen molar-refractivity contribution in [2.45, 2.75) is 37.1 Å². The highest BCUT2D eigenvalue weighted by Crippen LogP contribution is 2.36. The summed E-state index contributed by atoms with van der Waals surface area (Å²) >= 11 is 0. The van der Waals surface area contributed by atoms with Gasteiger partial charge in [-0.1, -0.05) is 6.07 Å². The van der Waals surface area contributed by atoms with Crippen molar-refractivity contribution in [3.05, 3.63) is 65.1 Å². The van der Waals surface area contributed by atoms with Crippen molar-refractivity contribution >= 4 is 11.8 Å². The Morgan fingerprint density at radius 2 is 2.14 bits per heavy atom. The van der Waals surface area contributed by atoms with Gasteiger partial charge in [-0.25, -0.2) is 18.3 Å². The van der Waals surface area contributed by atoms with E-state index in [4.69, 9.17) is 9.84 Å². The third-order valence-electron chi connectivity index (χ3n) is 6.87. The Bertz CT molecular complexity index is 1220. The number of halogens is 2. The Hall–Kier alpha value is -3.44. The Morgan fingerprint density at radius 1 is 1.26 bits per heavy atom. The number of rotatable bonds is 7. The lowest BCUT2D eigenvalue weighted by atomic mass is 9.79. The second kappa shape index (κ2) is 9.67. The molecule has 3 N–H and O–H groups in total. The van der Waals surface area contributed by atoms with Crippen molar-refractivity contribution in [2.75, 3.05) is 32.1 Å². The number of aromatic nitrogens is 4. The van der Waals surface area contributed by atoms with E-state index in [0.29, 0.717) is 43.2 Å². The monoisotopic (exact) mass is 483 g/mol. The van der Waals surface area contributed by atoms with Crippen LogP contribution in [0.1, 0.15) is 35.6 Å². The smallest absolute Gasteiger partial charge is 0.320 e. The Balaban J connectivity index is 1.44. The van der Waals surface area contributed by atoms with Crippen molar-refractivity contribution in [3.63, 3.8) is 0 Å². The molecule has 2 aliphatic rings. The molecule has 1 fully saturated rings. The minimum Gasteiger partial charge on any atom is -0.385 e. The van der Waals surface area contributed by atoms with Gasteiger partial charge in [0.1, 0.15) is 5.82 Å². The van der Waals surface area contributed by atoms with Gasteiger partial charge in [-0.3, -0.25) is 5.32 Å². The summed E-state index contributed by atoms with van der Waals surface area (Å²) < 4.78 is 34.6. The van der Waals surface area contributed by atoms with Crippen LogP contribution in [0.25, 0.3) is 5.69 Å². The highest BCUT2D eigenvalue weighted by atomic mass is 19.2. The fourth-order valence-corrected chi connectivity index (χ4v) is 5.15. The fraction of sp³-hybridized carbons (Fsp3) is 0.417. The van der Waals surface area contributed by atoms with Gasteiger partial charge >= 0.3 is 6.03 Å². The molecule has 11 heteroatoms. The normalized spacial score (nSPS) is 21.2. The van der Waals surface area contributed by atoms with E-state index in [-0.39, 0.29) is 5.92 Å². The molecule has 1 aliphatic carbocycles. The minimum atomic E-state index is -0.912. The highest BCUT2D eigenvalue weighted by molar-refractivity contribution is 5.90. The summed E-state index contributed by atoms with van der Waals surface area (Å²) in [7, 11) is 1.59. The average Bonchev–Trinajstić information content (AvgIpc) is 3.57. The van der Waals surface area contributed by atoms with E-state index >= 15 is 0 Å². The number of nitrogens with one attached hydrogen (secondary N) is 3. The molecule has 184 valence electrons. The second-order valence-electron chi connectivity index (χ2n) is 8.97. The number of carbonyl (C=O) groups is 1. The summed E-state index contributed by atoms with van der Waals surface area (Å²) in [5, 5.41) is 21.9. The number of methoxy groups -OCH3 is 1. The van der Waals surface area contributed by atoms with Crippen molar-refractivity contribution < 1.29 is 18.3 Å². The Kier molecular flexibility index (Phi) is 6.44. The van der Waals surface area contributed by atoms with Crippen LogP contribution < -0.4 is 16.0 Å². The van der Waals surface area contributed by atoms with Crippen LogP contribution in [0.3, 0.4) is 0 Å². The number of ether oxygens (including phenoxy) is 1. The SMILES string of the molecule is COCC[C@@]1(NC(=O)Nc2c3c(nn2-c2ccnnc2)CCC3)CNC[C@H]1c1ccc(F)c(F)c1. The molecule has 3 heterocycles. The molecule has 5 rings (SSSR count). The molecular weight excluding hydrogens is 456 g/mol. The van der Waals surface area contributed by atoms with Crippen LogP contribution in [0.4, 0.5) is 19.4 Å². The van der Waals surface area contributed by atoms with E-state index in [2.05, 4.69) is 26.1 Å². The number of nitrogens with zero attached hydrogens (tertiary/aromatic N) is 4. The van der Waals surface area contributed by atoms with E-state index in [1.807, 2.05) is 0 Å². The lowest BCUT2D eigenvalue weighted by Crippen LogP contribution is -2.55. The zero-order valence-electron chi connectivity index (χ0n) is 19.4. The van der Waals surface area contributed by atoms with Crippen LogP contribution in [0.15, 0.2) is 36.7 Å². The lowest BCUT2D eigenvalue weighted by molar-refractivity contribution is 0.155. The predicted octanol–water partition coefficient (Wildman–Crippen LogP) is 2.71. The summed E-state index contributed by atoms with van der Waals surface area (Å²) in [5.41, 5.74) is 2.49. The van der Waals surface area contributed by atoms with E-state index in [1.54, 1.807) is 36.3 Å². The molecule has 2 aromatic heterocycles. The first-order valence-electron chi connectivity index (χ1n) is 11.6. The van der Waals surface area contributed by atoms with Gasteiger partial charge in [-0.2, -0.15) is 15.3 Å². The van der Waals surface area contributed by atoms with Gasteiger partial charge in [0.25, 0.3) is 0 Å². The molecule has 0 bridgehead atoms. The number of benzene rings is 1. The standard InChI is InChI=1S/C24H27F2N7O2/c1-35-10-8-24(14-27-13-18(24)15-5-6-19(25)20(26)11-15)31-23(34)30-22-17-3-2-4-21(17)32-33(22)16-7-9-28-29-12-16/h5-7,9,11-12,18,27H,2-4,8,10,13-14H2,1H3,(H2,30,31,34)/t18-,24+/m0/s1. The average molecular weight is 484 g/mol. The van der Waals surface area contributed by atoms with Crippen molar-refractivity contribution in [1.29, 1.82) is 0 Å². The molecule has 1 aromatic carbocycles. The summed E-state index contributed by atoms with van der Waals surface area (Å²) in [6, 6.07) is 5.25. The van der Waals surface area contributed by atoms with E-state index < -0.39 is 23.2 Å². The van der Waals surface area contributed by atoms with Crippen LogP contribution in [0, 0.1) is 11.6 Å². The van der Waals surface area contributed by atoms with Gasteiger partial charge in [0.2, 0.25) is 0 Å². The number of fused-ring (bicyclic) bond motifs is 1. The third-order valence-corrected chi connectivity index (χ3v) is 6.87. The third kappa shape index (κ3) is 4.48. The quantitative estimate of drug-likeness (QED) is 0.477. The summed E-state index contributed by atoms with van der Waals surface area (Å²) in [4.78, 5) is 13.4. The molecule has 2 amide bonds. The van der Waals surface area contributed by atoms with Gasteiger partial charge in [0.05, 0.1) is 29.3 Å². The number of hydrogen-bond donors (Lipinski definition) is 3. The highest BCUT2D eigenvalue weighted by Gasteiger charge is 2.45. The van der Waals surface area contributed by atoms with Gasteiger partial charge in [-0.15, -0.1) is 0 Å². The largest absolute Gasteiger partial charge is 0.385 e. The zero-order valence-corrected chi connectivity index (χ0v) is 19.4. The maximum Gasteiger partial charge on any atom is 0.320 e. The van der Waals surface area contributed by atoms with Crippen molar-refractivity contribution in [3.8, 4) is 5.69 Å². The summed E-state index contributed by atoms with van der Waals surface area (Å²) in [5.74, 6) is -1.50. The maximum absolute atomic E-state index is 14.0. The molecule has 0 unspecified atom stereocenters. The van der Waals surface area contributed by atoms with Crippen LogP contribution in [0.2, 0.25) is 0 Å². The topological polar surface area (TPSA) is 106 Å². The molecule has 0 saturated carbocycles. The summed E-state index contributed by atoms with van der Waals surface area (Å²) in [6.45, 7) is 1.35. The molecule has 0 radical (unpaired) electrons. The van der Waals surface area contributed by atoms with Crippen LogP contribution >= 0.6 is 0 Å². The zero-order chi connectivity index (χ0) is 24.4. The van der Waals surface area contributed by atoms with Crippen molar-refractivity contribution in [2.24, 2.45) is 0 Å². The number of anilines is 1. The van der Waals surface area contributed by atoms with Crippen LogP contribution in [0.5, 0.6) is 0 Å². The van der Waals surface area contributed by atoms with Crippen LogP contribution in [-0.4, -0.2) is 58.4 Å².